The smallest absolute Gasteiger partial charge is 0.245 e. The number of amides is 4. The summed E-state index contributed by atoms with van der Waals surface area (Å²) in [5.41, 5.74) is 0.942. The maximum atomic E-state index is 13.7. The van der Waals surface area contributed by atoms with Crippen LogP contribution in [0.15, 0.2) is 54.6 Å². The van der Waals surface area contributed by atoms with Crippen LogP contribution < -0.4 is 10.1 Å². The zero-order valence-electron chi connectivity index (χ0n) is 24.2. The van der Waals surface area contributed by atoms with E-state index in [9.17, 15) is 19.2 Å². The summed E-state index contributed by atoms with van der Waals surface area (Å²) in [6.07, 6.45) is 4.38. The van der Waals surface area contributed by atoms with E-state index in [-0.39, 0.29) is 23.6 Å². The summed E-state index contributed by atoms with van der Waals surface area (Å²) < 4.78 is 5.96. The molecule has 1 heterocycles. The summed E-state index contributed by atoms with van der Waals surface area (Å²) in [5.74, 6) is -0.411. The molecule has 0 aliphatic carbocycles. The topological polar surface area (TPSA) is 96.0 Å². The largest absolute Gasteiger partial charge is 0.457 e. The molecule has 2 aromatic rings. The second-order valence-electron chi connectivity index (χ2n) is 11.1. The van der Waals surface area contributed by atoms with Gasteiger partial charge < -0.3 is 15.0 Å². The van der Waals surface area contributed by atoms with E-state index in [0.29, 0.717) is 50.9 Å². The predicted molar refractivity (Wildman–Crippen MR) is 154 cm³/mol. The van der Waals surface area contributed by atoms with Gasteiger partial charge in [-0.1, -0.05) is 57.5 Å². The van der Waals surface area contributed by atoms with E-state index in [1.54, 1.807) is 4.90 Å². The van der Waals surface area contributed by atoms with Crippen molar-refractivity contribution in [2.24, 2.45) is 17.8 Å². The Labute approximate surface area is 238 Å². The molecule has 1 fully saturated rings. The van der Waals surface area contributed by atoms with Crippen molar-refractivity contribution >= 4 is 24.1 Å². The summed E-state index contributed by atoms with van der Waals surface area (Å²) in [4.78, 5) is 54.5. The van der Waals surface area contributed by atoms with E-state index in [0.717, 1.165) is 29.1 Å². The molecule has 40 heavy (non-hydrogen) atoms. The van der Waals surface area contributed by atoms with Crippen LogP contribution in [0.1, 0.15) is 64.9 Å². The Morgan fingerprint density at radius 1 is 1.07 bits per heavy atom. The molecule has 8 nitrogen and oxygen atoms in total. The van der Waals surface area contributed by atoms with E-state index < -0.39 is 17.9 Å². The highest BCUT2D eigenvalue weighted by Gasteiger charge is 2.37. The minimum Gasteiger partial charge on any atom is -0.457 e. The lowest BCUT2D eigenvalue weighted by molar-refractivity contribution is -0.146. The van der Waals surface area contributed by atoms with Crippen LogP contribution in [0.5, 0.6) is 11.5 Å². The Bertz CT molecular complexity index is 1140. The number of nitrogens with one attached hydrogen (secondary N) is 1. The van der Waals surface area contributed by atoms with Crippen molar-refractivity contribution in [3.8, 4) is 11.5 Å². The predicted octanol–water partition coefficient (Wildman–Crippen LogP) is 5.17. The zero-order valence-corrected chi connectivity index (χ0v) is 24.2. The van der Waals surface area contributed by atoms with Gasteiger partial charge in [-0.05, 0) is 67.9 Å². The number of nitrogens with zero attached hydrogens (tertiary/aromatic N) is 2. The third kappa shape index (κ3) is 8.66. The molecule has 4 amide bonds. The van der Waals surface area contributed by atoms with E-state index in [2.05, 4.69) is 5.32 Å². The van der Waals surface area contributed by atoms with E-state index in [1.807, 2.05) is 75.4 Å². The SMILES string of the molecule is CCC[C@H](C(=O)N(C)C=O)[C@@H](CC(C)C)C(=O)N[C@H]1CCCCN(Cc2cccc(Oc3ccccc3)c2)C1=O. The Balaban J connectivity index is 1.74. The number of carbonyl (C=O) groups excluding carboxylic acids is 4. The van der Waals surface area contributed by atoms with Gasteiger partial charge in [-0.2, -0.15) is 0 Å². The molecule has 1 saturated heterocycles. The van der Waals surface area contributed by atoms with Crippen LogP contribution in [0.25, 0.3) is 0 Å². The van der Waals surface area contributed by atoms with Gasteiger partial charge in [0.25, 0.3) is 0 Å². The molecule has 0 aromatic heterocycles. The molecule has 0 bridgehead atoms. The van der Waals surface area contributed by atoms with E-state index in [4.69, 9.17) is 4.74 Å². The lowest BCUT2D eigenvalue weighted by Gasteiger charge is -2.30. The number of para-hydroxylation sites is 1. The molecule has 1 N–H and O–H groups in total. The van der Waals surface area contributed by atoms with Gasteiger partial charge in [0.05, 0.1) is 5.92 Å². The van der Waals surface area contributed by atoms with Crippen LogP contribution >= 0.6 is 0 Å². The first-order valence-electron chi connectivity index (χ1n) is 14.4. The van der Waals surface area contributed by atoms with Crippen LogP contribution in [-0.2, 0) is 25.7 Å². The highest BCUT2D eigenvalue weighted by Crippen LogP contribution is 2.28. The number of hydrogen-bond acceptors (Lipinski definition) is 5. The molecule has 216 valence electrons. The van der Waals surface area contributed by atoms with Crippen LogP contribution in [0, 0.1) is 17.8 Å². The van der Waals surface area contributed by atoms with Crippen molar-refractivity contribution in [1.29, 1.82) is 0 Å². The molecule has 0 unspecified atom stereocenters. The average molecular weight is 550 g/mol. The summed E-state index contributed by atoms with van der Waals surface area (Å²) in [7, 11) is 1.43. The van der Waals surface area contributed by atoms with E-state index >= 15 is 0 Å². The quantitative estimate of drug-likeness (QED) is 0.348. The van der Waals surface area contributed by atoms with Gasteiger partial charge in [0, 0.05) is 26.1 Å². The summed E-state index contributed by atoms with van der Waals surface area (Å²) in [5, 5.41) is 3.01. The fourth-order valence-electron chi connectivity index (χ4n) is 5.31. The molecule has 3 atom stereocenters. The molecule has 0 spiro atoms. The summed E-state index contributed by atoms with van der Waals surface area (Å²) in [6.45, 7) is 6.98. The van der Waals surface area contributed by atoms with Crippen molar-refractivity contribution in [2.45, 2.75) is 71.9 Å². The fourth-order valence-corrected chi connectivity index (χ4v) is 5.31. The highest BCUT2D eigenvalue weighted by molar-refractivity contribution is 5.94. The van der Waals surface area contributed by atoms with Crippen molar-refractivity contribution in [1.82, 2.24) is 15.1 Å². The lowest BCUT2D eigenvalue weighted by atomic mass is 9.81. The third-order valence-electron chi connectivity index (χ3n) is 7.32. The van der Waals surface area contributed by atoms with Crippen molar-refractivity contribution in [3.63, 3.8) is 0 Å². The van der Waals surface area contributed by atoms with E-state index in [1.165, 1.54) is 7.05 Å². The number of hydrogen-bond donors (Lipinski definition) is 1. The summed E-state index contributed by atoms with van der Waals surface area (Å²) in [6, 6.07) is 16.6. The van der Waals surface area contributed by atoms with Gasteiger partial charge in [-0.15, -0.1) is 0 Å². The third-order valence-corrected chi connectivity index (χ3v) is 7.32. The Hall–Kier alpha value is -3.68. The zero-order chi connectivity index (χ0) is 29.1. The van der Waals surface area contributed by atoms with Gasteiger partial charge in [0.2, 0.25) is 24.1 Å². The highest BCUT2D eigenvalue weighted by atomic mass is 16.5. The Morgan fingerprint density at radius 3 is 2.48 bits per heavy atom. The minimum absolute atomic E-state index is 0.119. The first kappa shape index (κ1) is 30.9. The van der Waals surface area contributed by atoms with Crippen LogP contribution in [0.2, 0.25) is 0 Å². The number of likely N-dealkylation sites (tertiary alicyclic amines) is 1. The van der Waals surface area contributed by atoms with Crippen molar-refractivity contribution in [3.05, 3.63) is 60.2 Å². The monoisotopic (exact) mass is 549 g/mol. The van der Waals surface area contributed by atoms with Gasteiger partial charge >= 0.3 is 0 Å². The normalized spacial score (nSPS) is 17.1. The number of imide groups is 1. The maximum absolute atomic E-state index is 13.7. The van der Waals surface area contributed by atoms with Gasteiger partial charge in [0.15, 0.2) is 0 Å². The first-order valence-corrected chi connectivity index (χ1v) is 14.4. The standard InChI is InChI=1S/C32H43N3O5/c1-5-12-27(31(38)34(4)22-36)28(19-23(2)3)30(37)33-29-17-9-10-18-35(32(29)39)21-24-13-11-16-26(20-24)40-25-14-7-6-8-15-25/h6-8,11,13-16,20,22-23,27-29H,5,9-10,12,17-19,21H2,1-4H3,(H,33,37)/t27-,28+,29-/m0/s1. The Morgan fingerprint density at radius 2 is 1.80 bits per heavy atom. The van der Waals surface area contributed by atoms with Crippen molar-refractivity contribution < 1.29 is 23.9 Å². The lowest BCUT2D eigenvalue weighted by Crippen LogP contribution is -2.51. The first-order chi connectivity index (χ1) is 19.2. The molecule has 3 rings (SSSR count). The second kappa shape index (κ2) is 15.2. The number of carbonyl (C=O) groups is 4. The molecule has 1 aliphatic heterocycles. The molecule has 0 radical (unpaired) electrons. The molecular formula is C32H43N3O5. The molecule has 0 saturated carbocycles. The minimum atomic E-state index is -0.658. The van der Waals surface area contributed by atoms with Gasteiger partial charge in [0.1, 0.15) is 17.5 Å². The number of ether oxygens (including phenoxy) is 1. The average Bonchev–Trinajstić information content (AvgIpc) is 3.11. The molecule has 2 aromatic carbocycles. The molecule has 1 aliphatic rings. The number of benzene rings is 2. The fraction of sp³-hybridized carbons (Fsp3) is 0.500. The molecular weight excluding hydrogens is 506 g/mol. The van der Waals surface area contributed by atoms with Gasteiger partial charge in [-0.25, -0.2) is 0 Å². The second-order valence-corrected chi connectivity index (χ2v) is 11.1. The number of rotatable bonds is 13. The molecule has 8 heteroatoms. The Kier molecular flexibility index (Phi) is 11.7. The van der Waals surface area contributed by atoms with Crippen molar-refractivity contribution in [2.75, 3.05) is 13.6 Å². The van der Waals surface area contributed by atoms with Gasteiger partial charge in [-0.3, -0.25) is 24.1 Å². The van der Waals surface area contributed by atoms with Crippen LogP contribution in [0.3, 0.4) is 0 Å². The van der Waals surface area contributed by atoms with Crippen LogP contribution in [0.4, 0.5) is 0 Å². The summed E-state index contributed by atoms with van der Waals surface area (Å²) >= 11 is 0. The van der Waals surface area contributed by atoms with Crippen LogP contribution in [-0.4, -0.2) is 53.6 Å². The maximum Gasteiger partial charge on any atom is 0.245 e.